The zero-order valence-electron chi connectivity index (χ0n) is 13.7. The number of benzene rings is 1. The van der Waals surface area contributed by atoms with Gasteiger partial charge in [0.25, 0.3) is 0 Å². The van der Waals surface area contributed by atoms with Crippen molar-refractivity contribution in [1.82, 2.24) is 4.98 Å². The predicted molar refractivity (Wildman–Crippen MR) is 97.0 cm³/mol. The molecule has 25 heavy (non-hydrogen) atoms. The summed E-state index contributed by atoms with van der Waals surface area (Å²) in [6.45, 7) is 0.834. The van der Waals surface area contributed by atoms with Crippen LogP contribution >= 0.6 is 0 Å². The molecule has 0 fully saturated rings. The van der Waals surface area contributed by atoms with Gasteiger partial charge in [-0.15, -0.1) is 0 Å². The van der Waals surface area contributed by atoms with Gasteiger partial charge in [0.1, 0.15) is 17.3 Å². The molecule has 0 spiro atoms. The molecule has 0 amide bonds. The van der Waals surface area contributed by atoms with Gasteiger partial charge in [-0.25, -0.2) is 4.39 Å². The lowest BCUT2D eigenvalue weighted by Crippen LogP contribution is -2.11. The lowest BCUT2D eigenvalue weighted by atomic mass is 9.96. The third-order valence-corrected chi connectivity index (χ3v) is 4.19. The van der Waals surface area contributed by atoms with Crippen molar-refractivity contribution in [3.8, 4) is 11.3 Å². The average molecular weight is 332 g/mol. The fourth-order valence-electron chi connectivity index (χ4n) is 2.97. The maximum atomic E-state index is 13.1. The van der Waals surface area contributed by atoms with Crippen molar-refractivity contribution in [2.45, 2.75) is 12.8 Å². The molecule has 1 aliphatic rings. The van der Waals surface area contributed by atoms with Gasteiger partial charge in [-0.3, -0.25) is 9.98 Å². The Bertz CT molecular complexity index is 924. The Balaban J connectivity index is 1.65. The highest BCUT2D eigenvalue weighted by Gasteiger charge is 2.15. The normalized spacial score (nSPS) is 16.0. The Morgan fingerprint density at radius 1 is 1.00 bits per heavy atom. The molecular formula is C21H17FN2O. The Kier molecular flexibility index (Phi) is 4.25. The van der Waals surface area contributed by atoms with Crippen LogP contribution in [-0.4, -0.2) is 17.2 Å². The summed E-state index contributed by atoms with van der Waals surface area (Å²) in [6, 6.07) is 14.1. The minimum absolute atomic E-state index is 0.253. The summed E-state index contributed by atoms with van der Waals surface area (Å²) < 4.78 is 19.0. The molecule has 1 aromatic carbocycles. The molecule has 3 nitrogen and oxygen atoms in total. The molecule has 2 aromatic heterocycles. The molecule has 3 heterocycles. The number of aliphatic imine (C=N–C) groups is 1. The van der Waals surface area contributed by atoms with Crippen molar-refractivity contribution < 1.29 is 8.81 Å². The average Bonchev–Trinajstić information content (AvgIpc) is 3.12. The number of furan rings is 1. The summed E-state index contributed by atoms with van der Waals surface area (Å²) in [5.41, 5.74) is 4.02. The highest BCUT2D eigenvalue weighted by atomic mass is 19.1. The highest BCUT2D eigenvalue weighted by molar-refractivity contribution is 6.15. The van der Waals surface area contributed by atoms with E-state index in [1.807, 2.05) is 36.5 Å². The first-order chi connectivity index (χ1) is 12.3. The van der Waals surface area contributed by atoms with Crippen molar-refractivity contribution in [2.24, 2.45) is 4.99 Å². The van der Waals surface area contributed by atoms with E-state index < -0.39 is 0 Å². The smallest absolute Gasteiger partial charge is 0.134 e. The first-order valence-corrected chi connectivity index (χ1v) is 8.31. The quantitative estimate of drug-likeness (QED) is 0.665. The van der Waals surface area contributed by atoms with Crippen molar-refractivity contribution in [1.29, 1.82) is 0 Å². The lowest BCUT2D eigenvalue weighted by molar-refractivity contribution is 0.570. The zero-order chi connectivity index (χ0) is 17.1. The summed E-state index contributed by atoms with van der Waals surface area (Å²) in [7, 11) is 0. The van der Waals surface area contributed by atoms with E-state index in [4.69, 9.17) is 4.42 Å². The minimum atomic E-state index is -0.253. The highest BCUT2D eigenvalue weighted by Crippen LogP contribution is 2.26. The van der Waals surface area contributed by atoms with E-state index in [0.717, 1.165) is 53.3 Å². The van der Waals surface area contributed by atoms with Gasteiger partial charge in [0, 0.05) is 30.1 Å². The number of nitrogens with zero attached hydrogens (tertiary/aromatic N) is 2. The summed E-state index contributed by atoms with van der Waals surface area (Å²) in [5, 5.41) is 0. The number of allylic oxidation sites excluding steroid dienone is 1. The van der Waals surface area contributed by atoms with Gasteiger partial charge in [0.05, 0.1) is 5.71 Å². The molecule has 4 rings (SSSR count). The zero-order valence-corrected chi connectivity index (χ0v) is 13.7. The van der Waals surface area contributed by atoms with E-state index in [2.05, 4.69) is 9.98 Å². The van der Waals surface area contributed by atoms with Gasteiger partial charge >= 0.3 is 0 Å². The Labute approximate surface area is 145 Å². The first kappa shape index (κ1) is 15.5. The second-order valence-electron chi connectivity index (χ2n) is 5.95. The van der Waals surface area contributed by atoms with E-state index in [1.54, 1.807) is 18.3 Å². The molecule has 0 unspecified atom stereocenters. The molecule has 0 atom stereocenters. The fourth-order valence-corrected chi connectivity index (χ4v) is 2.97. The number of hydrogen-bond acceptors (Lipinski definition) is 3. The van der Waals surface area contributed by atoms with Crippen molar-refractivity contribution in [2.75, 3.05) is 6.54 Å². The molecule has 4 heteroatoms. The maximum absolute atomic E-state index is 13.1. The van der Waals surface area contributed by atoms with Crippen LogP contribution in [-0.2, 0) is 0 Å². The number of hydrogen-bond donors (Lipinski definition) is 0. The SMILES string of the molecule is Fc1ccc(-c2ccc(/C=C3\CCCN=C3c3cccnc3)o2)cc1. The Hall–Kier alpha value is -3.01. The molecule has 124 valence electrons. The van der Waals surface area contributed by atoms with Gasteiger partial charge in [-0.2, -0.15) is 0 Å². The van der Waals surface area contributed by atoms with E-state index in [9.17, 15) is 4.39 Å². The second-order valence-corrected chi connectivity index (χ2v) is 5.95. The molecule has 0 saturated heterocycles. The maximum Gasteiger partial charge on any atom is 0.134 e. The number of rotatable bonds is 3. The Morgan fingerprint density at radius 3 is 2.68 bits per heavy atom. The van der Waals surface area contributed by atoms with Gasteiger partial charge in [-0.05, 0) is 73.0 Å². The van der Waals surface area contributed by atoms with Crippen molar-refractivity contribution >= 4 is 11.8 Å². The van der Waals surface area contributed by atoms with Crippen LogP contribution in [0.25, 0.3) is 17.4 Å². The minimum Gasteiger partial charge on any atom is -0.457 e. The summed E-state index contributed by atoms with van der Waals surface area (Å²) >= 11 is 0. The lowest BCUT2D eigenvalue weighted by Gasteiger charge is -2.15. The van der Waals surface area contributed by atoms with E-state index >= 15 is 0 Å². The van der Waals surface area contributed by atoms with Gasteiger partial charge in [0.2, 0.25) is 0 Å². The van der Waals surface area contributed by atoms with Gasteiger partial charge in [-0.1, -0.05) is 0 Å². The second kappa shape index (κ2) is 6.85. The molecule has 0 aliphatic carbocycles. The van der Waals surface area contributed by atoms with E-state index in [1.165, 1.54) is 12.1 Å². The van der Waals surface area contributed by atoms with Crippen LogP contribution in [0, 0.1) is 5.82 Å². The summed E-state index contributed by atoms with van der Waals surface area (Å²) in [4.78, 5) is 8.87. The van der Waals surface area contributed by atoms with Crippen LogP contribution in [0.4, 0.5) is 4.39 Å². The molecular weight excluding hydrogens is 315 g/mol. The van der Waals surface area contributed by atoms with Crippen LogP contribution in [0.3, 0.4) is 0 Å². The topological polar surface area (TPSA) is 38.4 Å². The molecule has 0 radical (unpaired) electrons. The van der Waals surface area contributed by atoms with Crippen molar-refractivity contribution in [3.05, 3.63) is 83.6 Å². The molecule has 3 aromatic rings. The van der Waals surface area contributed by atoms with E-state index in [-0.39, 0.29) is 5.82 Å². The van der Waals surface area contributed by atoms with Crippen molar-refractivity contribution in [3.63, 3.8) is 0 Å². The number of aromatic nitrogens is 1. The fraction of sp³-hybridized carbons (Fsp3) is 0.143. The van der Waals surface area contributed by atoms with Crippen LogP contribution in [0.2, 0.25) is 0 Å². The van der Waals surface area contributed by atoms with Crippen LogP contribution in [0.1, 0.15) is 24.2 Å². The van der Waals surface area contributed by atoms with Crippen LogP contribution in [0.15, 0.2) is 75.9 Å². The third-order valence-electron chi connectivity index (χ3n) is 4.19. The Morgan fingerprint density at radius 2 is 1.88 bits per heavy atom. The molecule has 0 bridgehead atoms. The van der Waals surface area contributed by atoms with Crippen LogP contribution < -0.4 is 0 Å². The standard InChI is InChI=1S/C21H17FN2O/c22-18-7-5-15(6-8-18)20-10-9-19(25-20)13-16-3-2-12-24-21(16)17-4-1-11-23-14-17/h1,4-11,13-14H,2-3,12H2/b16-13+. The molecule has 0 saturated carbocycles. The number of pyridine rings is 1. The molecule has 0 N–H and O–H groups in total. The van der Waals surface area contributed by atoms with Gasteiger partial charge < -0.3 is 4.42 Å². The van der Waals surface area contributed by atoms with E-state index in [0.29, 0.717) is 0 Å². The summed E-state index contributed by atoms with van der Waals surface area (Å²) in [6.07, 6.45) is 7.63. The number of halogens is 1. The predicted octanol–water partition coefficient (Wildman–Crippen LogP) is 5.15. The third kappa shape index (κ3) is 3.43. The first-order valence-electron chi connectivity index (χ1n) is 8.31. The van der Waals surface area contributed by atoms with Crippen LogP contribution in [0.5, 0.6) is 0 Å². The largest absolute Gasteiger partial charge is 0.457 e. The monoisotopic (exact) mass is 332 g/mol. The molecule has 1 aliphatic heterocycles. The summed E-state index contributed by atoms with van der Waals surface area (Å²) in [5.74, 6) is 1.24. The van der Waals surface area contributed by atoms with Gasteiger partial charge in [0.15, 0.2) is 0 Å².